The highest BCUT2D eigenvalue weighted by molar-refractivity contribution is 7.46. The first-order chi connectivity index (χ1) is 64.2. The summed E-state index contributed by atoms with van der Waals surface area (Å²) >= 11 is 0. The molecule has 29 heteroatoms. The standard InChI is InChI=1S/C104H200N2O25P2/c1-6-10-14-18-22-26-28-41-46-52-58-62-68-74-86(109)79-92(112)105-97-101(128-95(115)80-87(110)75-69-63-56-49-24-20-16-12-8-3)99(117)91(127-104(97)131-133(121,122)123)84-124-103-98(102(100(90(83-107)126-103)130-132(118,119)120)129-96(116)81-88(111)76-70-64-57-50-25-21-17-13-9-4)106-93(113)82-89(77-71-65-59-53-47-42-29-27-23-19-15-11-7-2)125-94(114)78-72-66-60-54-48-44-40-38-36-34-32-30-31-33-35-37-39-43-45-51-55-61-67-73-85(5)108/h85-91,97-104,107-111,117H,6-84H2,1-5H3,(H,105,112)(H,106,113)(H2,118,119,120)(H2,121,122,123)/t85-,86-,87-,88-,89-,90-,91-,97-,98-,99-,100-,101-,102-,103-,104-/m1/s1. The molecule has 2 heterocycles. The van der Waals surface area contributed by atoms with Crippen LogP contribution in [-0.2, 0) is 70.6 Å². The maximum atomic E-state index is 15.1. The minimum Gasteiger partial charge on any atom is -0.462 e. The lowest BCUT2D eigenvalue weighted by molar-refractivity contribution is -0.296. The number of unbranched alkanes of at least 4 members (excludes halogenated alkanes) is 62. The van der Waals surface area contributed by atoms with Crippen LogP contribution in [0.2, 0.25) is 0 Å². The number of carbonyl (C=O) groups excluding carboxylic acids is 5. The summed E-state index contributed by atoms with van der Waals surface area (Å²) < 4.78 is 73.5. The fourth-order valence-electron chi connectivity index (χ4n) is 18.6. The summed E-state index contributed by atoms with van der Waals surface area (Å²) in [5, 5.41) is 72.2. The molecule has 786 valence electrons. The van der Waals surface area contributed by atoms with Crippen molar-refractivity contribution in [2.75, 3.05) is 13.2 Å². The number of carbonyl (C=O) groups is 5. The van der Waals surface area contributed by atoms with Crippen molar-refractivity contribution in [1.29, 1.82) is 0 Å². The van der Waals surface area contributed by atoms with Crippen LogP contribution in [0.15, 0.2) is 0 Å². The molecular weight excluding hydrogens is 1740 g/mol. The fraction of sp³-hybridized carbons (Fsp3) is 0.952. The minimum atomic E-state index is -5.67. The van der Waals surface area contributed by atoms with E-state index >= 15 is 4.79 Å². The van der Waals surface area contributed by atoms with Gasteiger partial charge in [-0.2, -0.15) is 0 Å². The van der Waals surface area contributed by atoms with Crippen LogP contribution >= 0.6 is 15.6 Å². The Morgan fingerprint density at radius 1 is 0.323 bits per heavy atom. The van der Waals surface area contributed by atoms with Crippen molar-refractivity contribution in [3.63, 3.8) is 0 Å². The van der Waals surface area contributed by atoms with Crippen molar-refractivity contribution < 1.29 is 121 Å². The van der Waals surface area contributed by atoms with Crippen molar-refractivity contribution in [2.24, 2.45) is 0 Å². The molecule has 2 fully saturated rings. The average molecular weight is 1940 g/mol. The molecule has 133 heavy (non-hydrogen) atoms. The Morgan fingerprint density at radius 3 is 0.925 bits per heavy atom. The zero-order valence-electron chi connectivity index (χ0n) is 84.5. The first-order valence-corrected chi connectivity index (χ1v) is 57.9. The van der Waals surface area contributed by atoms with Gasteiger partial charge in [-0.25, -0.2) is 9.13 Å². The molecule has 12 N–H and O–H groups in total. The van der Waals surface area contributed by atoms with E-state index < -0.39 is 170 Å². The first kappa shape index (κ1) is 126. The van der Waals surface area contributed by atoms with Gasteiger partial charge in [-0.1, -0.05) is 445 Å². The van der Waals surface area contributed by atoms with Gasteiger partial charge in [0.2, 0.25) is 11.8 Å². The van der Waals surface area contributed by atoms with E-state index in [1.807, 2.05) is 6.92 Å². The molecule has 0 spiro atoms. The second-order valence-corrected chi connectivity index (χ2v) is 41.9. The quantitative estimate of drug-likeness (QED) is 0.0116. The Labute approximate surface area is 806 Å². The third-order valence-electron chi connectivity index (χ3n) is 26.6. The highest BCUT2D eigenvalue weighted by Crippen LogP contribution is 2.44. The van der Waals surface area contributed by atoms with Crippen LogP contribution in [0.4, 0.5) is 0 Å². The summed E-state index contributed by atoms with van der Waals surface area (Å²) in [5.74, 6) is -4.49. The van der Waals surface area contributed by atoms with Crippen molar-refractivity contribution in [2.45, 2.75) is 621 Å². The molecule has 0 saturated carbocycles. The summed E-state index contributed by atoms with van der Waals surface area (Å²) in [5.41, 5.74) is 0. The van der Waals surface area contributed by atoms with Gasteiger partial charge in [-0.3, -0.25) is 33.0 Å². The Bertz CT molecular complexity index is 2840. The SMILES string of the molecule is CCCCCCCCCCCCCCC[C@@H](O)CC(=O)N[C@H]1[C@@H](OP(=O)(O)O)O[C@H](CO[C@@H]2O[C@H](CO)[C@@H](OP(=O)(O)O)[C@H](OC(=O)C[C@H](O)CCCCCCCCCCC)[C@H]2NC(=O)C[C@@H](CCCCCCCCCCCCCCC)OC(=O)CCCCCCCCCCCCCCCCCCCCCCCCC[C@@H](C)O)[C@@H](O)[C@@H]1OC(=O)C[C@H](O)CCCCCCCCCCC. The van der Waals surface area contributed by atoms with Gasteiger partial charge in [0.1, 0.15) is 42.6 Å². The summed E-state index contributed by atoms with van der Waals surface area (Å²) in [6, 6.07) is -3.82. The molecule has 0 unspecified atom stereocenters. The molecule has 2 rings (SSSR count). The topological polar surface area (TPSA) is 420 Å². The highest BCUT2D eigenvalue weighted by atomic mass is 31.2. The highest BCUT2D eigenvalue weighted by Gasteiger charge is 2.55. The van der Waals surface area contributed by atoms with Gasteiger partial charge in [0.25, 0.3) is 0 Å². The van der Waals surface area contributed by atoms with Gasteiger partial charge < -0.3 is 89.3 Å². The van der Waals surface area contributed by atoms with Gasteiger partial charge in [0, 0.05) is 6.42 Å². The number of phosphoric acid groups is 2. The Hall–Kier alpha value is -2.79. The van der Waals surface area contributed by atoms with Crippen molar-refractivity contribution in [3.8, 4) is 0 Å². The maximum absolute atomic E-state index is 15.1. The second kappa shape index (κ2) is 84.9. The lowest BCUT2D eigenvalue weighted by Gasteiger charge is -2.47. The van der Waals surface area contributed by atoms with E-state index in [1.54, 1.807) is 0 Å². The zero-order chi connectivity index (χ0) is 97.5. The average Bonchev–Trinajstić information content (AvgIpc) is 0.777. The smallest absolute Gasteiger partial charge is 0.462 e. The van der Waals surface area contributed by atoms with E-state index in [4.69, 9.17) is 37.5 Å². The van der Waals surface area contributed by atoms with Gasteiger partial charge in [0.05, 0.1) is 63.3 Å². The zero-order valence-corrected chi connectivity index (χ0v) is 86.3. The molecule has 0 aromatic rings. The Balaban J connectivity index is 2.52. The molecule has 2 aliphatic heterocycles. The van der Waals surface area contributed by atoms with E-state index in [-0.39, 0.29) is 38.2 Å². The summed E-state index contributed by atoms with van der Waals surface area (Å²) in [4.78, 5) is 114. The molecule has 0 aromatic carbocycles. The van der Waals surface area contributed by atoms with Gasteiger partial charge in [0.15, 0.2) is 24.8 Å². The number of esters is 3. The van der Waals surface area contributed by atoms with Crippen molar-refractivity contribution in [3.05, 3.63) is 0 Å². The van der Waals surface area contributed by atoms with Crippen molar-refractivity contribution >= 4 is 45.4 Å². The largest absolute Gasteiger partial charge is 0.472 e. The number of ether oxygens (including phenoxy) is 6. The van der Waals surface area contributed by atoms with Gasteiger partial charge in [-0.15, -0.1) is 0 Å². The van der Waals surface area contributed by atoms with Gasteiger partial charge >= 0.3 is 33.6 Å². The third-order valence-corrected chi connectivity index (χ3v) is 27.6. The molecule has 0 aliphatic carbocycles. The number of hydrogen-bond donors (Lipinski definition) is 12. The molecule has 15 atom stereocenters. The number of aliphatic hydroxyl groups excluding tert-OH is 6. The molecule has 27 nitrogen and oxygen atoms in total. The Morgan fingerprint density at radius 2 is 0.602 bits per heavy atom. The first-order valence-electron chi connectivity index (χ1n) is 54.8. The van der Waals surface area contributed by atoms with Crippen LogP contribution in [0.3, 0.4) is 0 Å². The van der Waals surface area contributed by atoms with E-state index in [0.717, 1.165) is 199 Å². The summed E-state index contributed by atoms with van der Waals surface area (Å²) in [6.07, 6.45) is 52.1. The van der Waals surface area contributed by atoms with Gasteiger partial charge in [-0.05, 0) is 51.9 Å². The number of hydrogen-bond acceptors (Lipinski definition) is 21. The number of aliphatic hydroxyl groups is 6. The predicted molar refractivity (Wildman–Crippen MR) is 528 cm³/mol. The number of amides is 2. The second-order valence-electron chi connectivity index (χ2n) is 39.6. The fourth-order valence-corrected chi connectivity index (χ4v) is 19.6. The summed E-state index contributed by atoms with van der Waals surface area (Å²) in [6.45, 7) is 8.52. The van der Waals surface area contributed by atoms with Crippen LogP contribution in [0.5, 0.6) is 0 Å². The molecule has 2 saturated heterocycles. The van der Waals surface area contributed by atoms with E-state index in [2.05, 4.69) is 38.3 Å². The van der Waals surface area contributed by atoms with Crippen LogP contribution < -0.4 is 10.6 Å². The van der Waals surface area contributed by atoms with Crippen LogP contribution in [0.1, 0.15) is 529 Å². The lowest BCUT2D eigenvalue weighted by atomic mass is 9.95. The molecule has 0 bridgehead atoms. The molecular formula is C104H200N2O25P2. The normalized spacial score (nSPS) is 20.1. The number of nitrogens with one attached hydrogen (secondary N) is 2. The molecule has 0 aromatic heterocycles. The van der Waals surface area contributed by atoms with Crippen LogP contribution in [0, 0.1) is 0 Å². The maximum Gasteiger partial charge on any atom is 0.472 e. The van der Waals surface area contributed by atoms with Crippen LogP contribution in [-0.4, -0.2) is 185 Å². The number of rotatable bonds is 95. The van der Waals surface area contributed by atoms with E-state index in [0.29, 0.717) is 32.1 Å². The minimum absolute atomic E-state index is 0.0930. The summed E-state index contributed by atoms with van der Waals surface area (Å²) in [7, 11) is -11.3. The van der Waals surface area contributed by atoms with Crippen molar-refractivity contribution in [1.82, 2.24) is 10.6 Å². The molecule has 2 aliphatic rings. The third kappa shape index (κ3) is 72.2. The van der Waals surface area contributed by atoms with E-state index in [1.165, 1.54) is 205 Å². The van der Waals surface area contributed by atoms with Crippen LogP contribution in [0.25, 0.3) is 0 Å². The molecule has 0 radical (unpaired) electrons. The van der Waals surface area contributed by atoms with E-state index in [9.17, 15) is 78.5 Å². The molecule has 2 amide bonds. The lowest BCUT2D eigenvalue weighted by Crippen LogP contribution is -2.68. The predicted octanol–water partition coefficient (Wildman–Crippen LogP) is 23.7. The monoisotopic (exact) mass is 1940 g/mol. The number of phosphoric ester groups is 2. The Kier molecular flexibility index (Phi) is 80.6.